The van der Waals surface area contributed by atoms with Gasteiger partial charge in [0.05, 0.1) is 30.4 Å². The molecule has 2 saturated heterocycles. The number of rotatable bonds is 4. The van der Waals surface area contributed by atoms with E-state index in [0.29, 0.717) is 19.7 Å². The molecule has 9 heteroatoms. The van der Waals surface area contributed by atoms with E-state index in [2.05, 4.69) is 31.7 Å². The summed E-state index contributed by atoms with van der Waals surface area (Å²) in [4.78, 5) is 29.5. The van der Waals surface area contributed by atoms with Gasteiger partial charge in [0.1, 0.15) is 24.0 Å². The first kappa shape index (κ1) is 21.5. The third-order valence-corrected chi connectivity index (χ3v) is 6.73. The van der Waals surface area contributed by atoms with Crippen LogP contribution in [0.25, 0.3) is 11.1 Å². The van der Waals surface area contributed by atoms with E-state index in [4.69, 9.17) is 9.47 Å². The summed E-state index contributed by atoms with van der Waals surface area (Å²) in [6.07, 6.45) is 6.85. The minimum Gasteiger partial charge on any atom is -0.487 e. The van der Waals surface area contributed by atoms with E-state index in [1.165, 1.54) is 6.08 Å². The minimum atomic E-state index is -0.0503. The molecular weight excluding hydrogens is 444 g/mol. The summed E-state index contributed by atoms with van der Waals surface area (Å²) in [5.41, 5.74) is 4.93. The molecule has 0 unspecified atom stereocenters. The number of anilines is 3. The van der Waals surface area contributed by atoms with Crippen LogP contribution in [0.2, 0.25) is 0 Å². The van der Waals surface area contributed by atoms with Gasteiger partial charge in [-0.3, -0.25) is 4.79 Å². The fraction of sp³-hybridized carbons (Fsp3) is 0.308. The third kappa shape index (κ3) is 4.08. The van der Waals surface area contributed by atoms with Crippen molar-refractivity contribution in [3.05, 3.63) is 66.9 Å². The zero-order valence-corrected chi connectivity index (χ0v) is 19.3. The Kier molecular flexibility index (Phi) is 5.54. The number of ether oxygens (including phenoxy) is 2. The lowest BCUT2D eigenvalue weighted by Gasteiger charge is -2.37. The number of amides is 1. The van der Waals surface area contributed by atoms with Crippen LogP contribution in [0.4, 0.5) is 17.2 Å². The Hall–Kier alpha value is -3.98. The minimum absolute atomic E-state index is 0.0503. The van der Waals surface area contributed by atoms with Gasteiger partial charge < -0.3 is 24.6 Å². The lowest BCUT2D eigenvalue weighted by atomic mass is 9.99. The average molecular weight is 471 g/mol. The Morgan fingerprint density at radius 1 is 1.09 bits per heavy atom. The number of carbonyl (C=O) groups is 1. The number of hydrogen-bond acceptors (Lipinski definition) is 8. The van der Waals surface area contributed by atoms with Gasteiger partial charge in [0.15, 0.2) is 0 Å². The van der Waals surface area contributed by atoms with E-state index in [-0.39, 0.29) is 11.8 Å². The number of hydrogen-bond donors (Lipinski definition) is 1. The Bertz CT molecular complexity index is 1270. The van der Waals surface area contributed by atoms with Gasteiger partial charge in [0, 0.05) is 56.0 Å². The van der Waals surface area contributed by atoms with Crippen LogP contribution in [-0.4, -0.2) is 65.2 Å². The molecule has 0 aliphatic carbocycles. The number of nitrogens with one attached hydrogen (secondary N) is 1. The van der Waals surface area contributed by atoms with Gasteiger partial charge in [-0.2, -0.15) is 0 Å². The highest BCUT2D eigenvalue weighted by atomic mass is 16.5. The molecule has 35 heavy (non-hydrogen) atoms. The molecule has 6 rings (SSSR count). The highest BCUT2D eigenvalue weighted by Gasteiger charge is 2.32. The number of benzene rings is 1. The van der Waals surface area contributed by atoms with Gasteiger partial charge in [-0.05, 0) is 29.8 Å². The first-order valence-electron chi connectivity index (χ1n) is 11.8. The largest absolute Gasteiger partial charge is 0.487 e. The van der Waals surface area contributed by atoms with E-state index in [1.807, 2.05) is 42.9 Å². The highest BCUT2D eigenvalue weighted by molar-refractivity contribution is 5.87. The van der Waals surface area contributed by atoms with Crippen molar-refractivity contribution < 1.29 is 14.3 Å². The van der Waals surface area contributed by atoms with Crippen LogP contribution in [0.1, 0.15) is 17.3 Å². The number of carbonyl (C=O) groups excluding carboxylic acids is 1. The van der Waals surface area contributed by atoms with Crippen molar-refractivity contribution >= 4 is 23.1 Å². The van der Waals surface area contributed by atoms with Crippen LogP contribution in [0.3, 0.4) is 0 Å². The maximum Gasteiger partial charge on any atom is 0.246 e. The summed E-state index contributed by atoms with van der Waals surface area (Å²) in [6, 6.07) is 8.07. The molecule has 0 saturated carbocycles. The standard InChI is InChI=1S/C26H26N6O3/c1-2-24(33)32-14-19(15-32)25-28-12-18(13-29-25)17-3-4-23-21(11-17)30-26-20(16-35-23)22(5-6-27-26)31-7-9-34-10-8-31/h2-6,11-13,19H,1,7-10,14-16H2,(H,27,30). The first-order valence-corrected chi connectivity index (χ1v) is 11.8. The maximum atomic E-state index is 11.7. The van der Waals surface area contributed by atoms with Crippen molar-refractivity contribution in [2.45, 2.75) is 12.5 Å². The number of likely N-dealkylation sites (tertiary alicyclic amines) is 1. The fourth-order valence-corrected chi connectivity index (χ4v) is 4.69. The summed E-state index contributed by atoms with van der Waals surface area (Å²) in [5, 5.41) is 3.48. The molecule has 3 aromatic rings. The Morgan fingerprint density at radius 3 is 2.66 bits per heavy atom. The third-order valence-electron chi connectivity index (χ3n) is 6.73. The van der Waals surface area contributed by atoms with Gasteiger partial charge in [0.2, 0.25) is 5.91 Å². The van der Waals surface area contributed by atoms with Crippen LogP contribution in [0, 0.1) is 0 Å². The van der Waals surface area contributed by atoms with E-state index < -0.39 is 0 Å². The summed E-state index contributed by atoms with van der Waals surface area (Å²) >= 11 is 0. The molecule has 3 aliphatic heterocycles. The highest BCUT2D eigenvalue weighted by Crippen LogP contribution is 2.39. The Morgan fingerprint density at radius 2 is 1.89 bits per heavy atom. The summed E-state index contributed by atoms with van der Waals surface area (Å²) in [5.74, 6) is 2.45. The maximum absolute atomic E-state index is 11.7. The Labute approximate surface area is 203 Å². The second-order valence-electron chi connectivity index (χ2n) is 8.86. The zero-order valence-electron chi connectivity index (χ0n) is 19.3. The van der Waals surface area contributed by atoms with Crippen LogP contribution in [0.15, 0.2) is 55.5 Å². The van der Waals surface area contributed by atoms with Crippen molar-refractivity contribution in [1.29, 1.82) is 0 Å². The van der Waals surface area contributed by atoms with E-state index >= 15 is 0 Å². The molecule has 178 valence electrons. The lowest BCUT2D eigenvalue weighted by molar-refractivity contribution is -0.130. The van der Waals surface area contributed by atoms with E-state index in [1.54, 1.807) is 4.90 Å². The molecule has 0 atom stereocenters. The Balaban J connectivity index is 1.22. The van der Waals surface area contributed by atoms with Gasteiger partial charge in [0.25, 0.3) is 0 Å². The quantitative estimate of drug-likeness (QED) is 0.582. The SMILES string of the molecule is C=CC(=O)N1CC(c2ncc(-c3ccc4c(c3)Nc3nccc(N5CCOCC5)c3CO4)cn2)C1. The number of morpholine rings is 1. The molecule has 1 amide bonds. The van der Waals surface area contributed by atoms with Gasteiger partial charge >= 0.3 is 0 Å². The topological polar surface area (TPSA) is 92.7 Å². The molecule has 9 nitrogen and oxygen atoms in total. The van der Waals surface area contributed by atoms with Crippen molar-refractivity contribution in [2.75, 3.05) is 49.6 Å². The van der Waals surface area contributed by atoms with Gasteiger partial charge in [-0.25, -0.2) is 15.0 Å². The lowest BCUT2D eigenvalue weighted by Crippen LogP contribution is -2.48. The predicted molar refractivity (Wildman–Crippen MR) is 132 cm³/mol. The molecule has 1 aromatic carbocycles. The monoisotopic (exact) mass is 470 g/mol. The van der Waals surface area contributed by atoms with Crippen molar-refractivity contribution in [2.24, 2.45) is 0 Å². The van der Waals surface area contributed by atoms with Crippen molar-refractivity contribution in [1.82, 2.24) is 19.9 Å². The van der Waals surface area contributed by atoms with Crippen LogP contribution in [0.5, 0.6) is 5.75 Å². The molecule has 5 heterocycles. The molecular formula is C26H26N6O3. The van der Waals surface area contributed by atoms with Crippen LogP contribution >= 0.6 is 0 Å². The molecule has 0 bridgehead atoms. The zero-order chi connectivity index (χ0) is 23.8. The predicted octanol–water partition coefficient (Wildman–Crippen LogP) is 3.12. The molecule has 0 spiro atoms. The van der Waals surface area contributed by atoms with Crippen molar-refractivity contribution in [3.8, 4) is 16.9 Å². The van der Waals surface area contributed by atoms with Crippen molar-refractivity contribution in [3.63, 3.8) is 0 Å². The number of fused-ring (bicyclic) bond motifs is 2. The summed E-state index contributed by atoms with van der Waals surface area (Å²) < 4.78 is 11.7. The van der Waals surface area contributed by atoms with Gasteiger partial charge in [-0.15, -0.1) is 0 Å². The molecule has 2 fully saturated rings. The van der Waals surface area contributed by atoms with E-state index in [9.17, 15) is 4.79 Å². The smallest absolute Gasteiger partial charge is 0.246 e. The molecule has 3 aliphatic rings. The van der Waals surface area contributed by atoms with Gasteiger partial charge in [-0.1, -0.05) is 12.6 Å². The number of pyridine rings is 1. The average Bonchev–Trinajstić information content (AvgIpc) is 3.07. The molecule has 1 N–H and O–H groups in total. The molecule has 0 radical (unpaired) electrons. The van der Waals surface area contributed by atoms with E-state index in [0.717, 1.165) is 71.8 Å². The van der Waals surface area contributed by atoms with Crippen LogP contribution in [-0.2, 0) is 16.1 Å². The second kappa shape index (κ2) is 8.99. The second-order valence-corrected chi connectivity index (χ2v) is 8.86. The number of nitrogens with zero attached hydrogens (tertiary/aromatic N) is 5. The summed E-state index contributed by atoms with van der Waals surface area (Å²) in [7, 11) is 0. The summed E-state index contributed by atoms with van der Waals surface area (Å²) in [6.45, 7) is 8.39. The first-order chi connectivity index (χ1) is 17.2. The number of aromatic nitrogens is 3. The normalized spacial score (nSPS) is 17.3. The molecule has 2 aromatic heterocycles. The fourth-order valence-electron chi connectivity index (χ4n) is 4.69. The van der Waals surface area contributed by atoms with Crippen LogP contribution < -0.4 is 15.0 Å².